The van der Waals surface area contributed by atoms with Crippen LogP contribution in [0.4, 0.5) is 0 Å². The third kappa shape index (κ3) is 5.19. The molecule has 1 fully saturated rings. The molecule has 0 saturated carbocycles. The quantitative estimate of drug-likeness (QED) is 0.212. The second-order valence-corrected chi connectivity index (χ2v) is 9.46. The summed E-state index contributed by atoms with van der Waals surface area (Å²) in [4.78, 5) is 28.2. The van der Waals surface area contributed by atoms with Crippen LogP contribution in [0.2, 0.25) is 0 Å². The molecule has 4 rings (SSSR count). The van der Waals surface area contributed by atoms with Crippen molar-refractivity contribution in [3.63, 3.8) is 0 Å². The Morgan fingerprint density at radius 3 is 2.16 bits per heavy atom. The molecule has 1 amide bonds. The molecule has 0 bridgehead atoms. The second kappa shape index (κ2) is 11.6. The van der Waals surface area contributed by atoms with Crippen molar-refractivity contribution in [1.82, 2.24) is 4.90 Å². The smallest absolute Gasteiger partial charge is 0.295 e. The van der Waals surface area contributed by atoms with Gasteiger partial charge in [0.15, 0.2) is 11.5 Å². The first-order chi connectivity index (χ1) is 18.3. The van der Waals surface area contributed by atoms with E-state index < -0.39 is 17.7 Å². The van der Waals surface area contributed by atoms with Gasteiger partial charge in [-0.25, -0.2) is 0 Å². The number of aliphatic hydroxyl groups excluding tert-OH is 1. The number of benzene rings is 3. The number of amides is 1. The molecule has 1 saturated heterocycles. The number of likely N-dealkylation sites (tertiary alicyclic amines) is 1. The number of hydrogen-bond donors (Lipinski definition) is 1. The predicted molar refractivity (Wildman–Crippen MR) is 146 cm³/mol. The lowest BCUT2D eigenvalue weighted by Crippen LogP contribution is -2.32. The summed E-state index contributed by atoms with van der Waals surface area (Å²) in [6.45, 7) is 0.205. The van der Waals surface area contributed by atoms with E-state index in [1.807, 2.05) is 12.1 Å². The first-order valence-corrected chi connectivity index (χ1v) is 12.6. The lowest BCUT2D eigenvalue weighted by molar-refractivity contribution is -0.139. The first-order valence-electron chi connectivity index (χ1n) is 11.8. The number of ketones is 1. The van der Waals surface area contributed by atoms with Gasteiger partial charge < -0.3 is 29.0 Å². The van der Waals surface area contributed by atoms with Crippen LogP contribution in [0.25, 0.3) is 5.76 Å². The highest BCUT2D eigenvalue weighted by molar-refractivity contribution is 9.10. The number of halogens is 1. The zero-order valence-corrected chi connectivity index (χ0v) is 23.1. The average Bonchev–Trinajstić information content (AvgIpc) is 3.20. The monoisotopic (exact) mass is 581 g/mol. The molecule has 1 N–H and O–H groups in total. The molecule has 8 nitrogen and oxygen atoms in total. The summed E-state index contributed by atoms with van der Waals surface area (Å²) in [5.74, 6) is 0.416. The molecule has 3 aromatic rings. The fourth-order valence-electron chi connectivity index (χ4n) is 4.53. The summed E-state index contributed by atoms with van der Waals surface area (Å²) in [6.07, 6.45) is 0.431. The lowest BCUT2D eigenvalue weighted by atomic mass is 9.94. The standard InChI is InChI=1S/C29H28BrNO7/c1-35-20-10-11-21(23(16-20)37-3)26-25(27(32)18-6-8-19(30)9-7-18)28(33)29(34)31(26)14-13-17-5-12-22(36-2)24(15-17)38-4/h5-12,15-16,26,32H,13-14H2,1-4H3/b27-25-. The summed E-state index contributed by atoms with van der Waals surface area (Å²) in [7, 11) is 6.16. The average molecular weight is 582 g/mol. The van der Waals surface area contributed by atoms with Crippen molar-refractivity contribution in [1.29, 1.82) is 0 Å². The van der Waals surface area contributed by atoms with Gasteiger partial charge in [0.25, 0.3) is 11.7 Å². The molecular formula is C29H28BrNO7. The molecule has 0 radical (unpaired) electrons. The van der Waals surface area contributed by atoms with Gasteiger partial charge in [0.2, 0.25) is 0 Å². The van der Waals surface area contributed by atoms with Crippen molar-refractivity contribution >= 4 is 33.4 Å². The summed E-state index contributed by atoms with van der Waals surface area (Å²) in [5, 5.41) is 11.3. The Morgan fingerprint density at radius 2 is 1.53 bits per heavy atom. The third-order valence-electron chi connectivity index (χ3n) is 6.48. The Kier molecular flexibility index (Phi) is 8.26. The molecule has 3 aromatic carbocycles. The number of hydrogen-bond acceptors (Lipinski definition) is 7. The summed E-state index contributed by atoms with van der Waals surface area (Å²) in [5.41, 5.74) is 1.85. The molecule has 0 aliphatic carbocycles. The van der Waals surface area contributed by atoms with E-state index in [1.165, 1.54) is 19.1 Å². The van der Waals surface area contributed by atoms with Crippen molar-refractivity contribution in [2.45, 2.75) is 12.5 Å². The molecular weight excluding hydrogens is 554 g/mol. The van der Waals surface area contributed by atoms with E-state index in [0.717, 1.165) is 10.0 Å². The van der Waals surface area contributed by atoms with E-state index in [4.69, 9.17) is 18.9 Å². The van der Waals surface area contributed by atoms with Crippen LogP contribution in [-0.4, -0.2) is 56.7 Å². The van der Waals surface area contributed by atoms with E-state index in [9.17, 15) is 14.7 Å². The summed E-state index contributed by atoms with van der Waals surface area (Å²) >= 11 is 3.38. The Morgan fingerprint density at radius 1 is 0.842 bits per heavy atom. The second-order valence-electron chi connectivity index (χ2n) is 8.55. The van der Waals surface area contributed by atoms with Crippen molar-refractivity contribution in [2.24, 2.45) is 0 Å². The maximum Gasteiger partial charge on any atom is 0.295 e. The van der Waals surface area contributed by atoms with Crippen molar-refractivity contribution in [3.05, 3.63) is 87.4 Å². The van der Waals surface area contributed by atoms with Gasteiger partial charge in [0.05, 0.1) is 40.1 Å². The zero-order valence-electron chi connectivity index (χ0n) is 21.5. The Balaban J connectivity index is 1.80. The van der Waals surface area contributed by atoms with Crippen LogP contribution in [-0.2, 0) is 16.0 Å². The fourth-order valence-corrected chi connectivity index (χ4v) is 4.79. The van der Waals surface area contributed by atoms with E-state index >= 15 is 0 Å². The number of methoxy groups -OCH3 is 4. The fraction of sp³-hybridized carbons (Fsp3) is 0.241. The number of Topliss-reactive ketones (excluding diaryl/α,β-unsaturated/α-hetero) is 1. The largest absolute Gasteiger partial charge is 0.507 e. The van der Waals surface area contributed by atoms with E-state index in [1.54, 1.807) is 62.8 Å². The third-order valence-corrected chi connectivity index (χ3v) is 7.01. The van der Waals surface area contributed by atoms with Gasteiger partial charge in [-0.3, -0.25) is 9.59 Å². The topological polar surface area (TPSA) is 94.5 Å². The minimum Gasteiger partial charge on any atom is -0.507 e. The SMILES string of the molecule is COc1ccc(C2/C(=C(/O)c3ccc(Br)cc3)C(=O)C(=O)N2CCc2ccc(OC)c(OC)c2)c(OC)c1. The number of ether oxygens (including phenoxy) is 4. The van der Waals surface area contributed by atoms with E-state index in [-0.39, 0.29) is 17.9 Å². The number of nitrogens with zero attached hydrogens (tertiary/aromatic N) is 1. The maximum atomic E-state index is 13.4. The summed E-state index contributed by atoms with van der Waals surface area (Å²) in [6, 6.07) is 16.7. The number of carbonyl (C=O) groups excluding carboxylic acids is 2. The Labute approximate surface area is 229 Å². The molecule has 38 heavy (non-hydrogen) atoms. The van der Waals surface area contributed by atoms with Crippen LogP contribution >= 0.6 is 15.9 Å². The van der Waals surface area contributed by atoms with Crippen molar-refractivity contribution < 1.29 is 33.6 Å². The highest BCUT2D eigenvalue weighted by Crippen LogP contribution is 2.44. The van der Waals surface area contributed by atoms with Gasteiger partial charge in [0, 0.05) is 28.2 Å². The molecule has 1 unspecified atom stereocenters. The highest BCUT2D eigenvalue weighted by atomic mass is 79.9. The normalized spacial score (nSPS) is 16.4. The van der Waals surface area contributed by atoms with E-state index in [0.29, 0.717) is 40.5 Å². The zero-order chi connectivity index (χ0) is 27.4. The minimum absolute atomic E-state index is 0.00639. The van der Waals surface area contributed by atoms with Crippen LogP contribution in [0.1, 0.15) is 22.7 Å². The van der Waals surface area contributed by atoms with Crippen LogP contribution in [0.5, 0.6) is 23.0 Å². The predicted octanol–water partition coefficient (Wildman–Crippen LogP) is 5.15. The van der Waals surface area contributed by atoms with Crippen molar-refractivity contribution in [3.8, 4) is 23.0 Å². The lowest BCUT2D eigenvalue weighted by Gasteiger charge is -2.27. The molecule has 0 aromatic heterocycles. The molecule has 198 valence electrons. The first kappa shape index (κ1) is 27.1. The van der Waals surface area contributed by atoms with Crippen molar-refractivity contribution in [2.75, 3.05) is 35.0 Å². The molecule has 9 heteroatoms. The van der Waals surface area contributed by atoms with Crippen LogP contribution in [0.15, 0.2) is 70.7 Å². The summed E-state index contributed by atoms with van der Waals surface area (Å²) < 4.78 is 22.5. The van der Waals surface area contributed by atoms with Gasteiger partial charge >= 0.3 is 0 Å². The Bertz CT molecular complexity index is 1380. The minimum atomic E-state index is -0.875. The molecule has 0 spiro atoms. The van der Waals surface area contributed by atoms with Gasteiger partial charge in [0.1, 0.15) is 17.3 Å². The van der Waals surface area contributed by atoms with Gasteiger partial charge in [-0.1, -0.05) is 34.1 Å². The Hall–Kier alpha value is -3.98. The van der Waals surface area contributed by atoms with E-state index in [2.05, 4.69) is 15.9 Å². The van der Waals surface area contributed by atoms with Crippen LogP contribution < -0.4 is 18.9 Å². The maximum absolute atomic E-state index is 13.4. The van der Waals surface area contributed by atoms with Gasteiger partial charge in [-0.05, 0) is 48.4 Å². The number of carbonyl (C=O) groups is 2. The van der Waals surface area contributed by atoms with Crippen LogP contribution in [0.3, 0.4) is 0 Å². The number of aliphatic hydroxyl groups is 1. The highest BCUT2D eigenvalue weighted by Gasteiger charge is 2.47. The van der Waals surface area contributed by atoms with Gasteiger partial charge in [-0.15, -0.1) is 0 Å². The molecule has 1 aliphatic heterocycles. The molecule has 1 aliphatic rings. The van der Waals surface area contributed by atoms with Crippen LogP contribution in [0, 0.1) is 0 Å². The number of rotatable bonds is 9. The molecule has 1 atom stereocenters. The molecule has 1 heterocycles. The van der Waals surface area contributed by atoms with Gasteiger partial charge in [-0.2, -0.15) is 0 Å².